The van der Waals surface area contributed by atoms with Gasteiger partial charge in [-0.3, -0.25) is 4.79 Å². The first kappa shape index (κ1) is 19.0. The van der Waals surface area contributed by atoms with Crippen molar-refractivity contribution >= 4 is 5.91 Å². The van der Waals surface area contributed by atoms with Gasteiger partial charge in [0, 0.05) is 37.5 Å². The minimum atomic E-state index is -0.0698. The molecule has 0 bridgehead atoms. The summed E-state index contributed by atoms with van der Waals surface area (Å²) in [6.07, 6.45) is 4.84. The lowest BCUT2D eigenvalue weighted by Crippen LogP contribution is -2.37. The highest BCUT2D eigenvalue weighted by Crippen LogP contribution is 2.35. The monoisotopic (exact) mass is 405 g/mol. The first-order valence-electron chi connectivity index (χ1n) is 10.3. The molecule has 2 fully saturated rings. The van der Waals surface area contributed by atoms with E-state index >= 15 is 0 Å². The lowest BCUT2D eigenvalue weighted by atomic mass is 10.1. The van der Waals surface area contributed by atoms with Gasteiger partial charge in [0.15, 0.2) is 5.82 Å². The van der Waals surface area contributed by atoms with Crippen LogP contribution in [0.2, 0.25) is 0 Å². The molecule has 30 heavy (non-hydrogen) atoms. The Morgan fingerprint density at radius 3 is 3.00 bits per heavy atom. The second-order valence-corrected chi connectivity index (χ2v) is 8.09. The van der Waals surface area contributed by atoms with Crippen LogP contribution in [0.5, 0.6) is 5.75 Å². The maximum Gasteiger partial charge on any atom is 0.273 e. The molecule has 3 aliphatic rings. The van der Waals surface area contributed by atoms with Crippen LogP contribution < -0.4 is 10.1 Å². The number of carbonyl (C=O) groups excluding carboxylic acids is 1. The smallest absolute Gasteiger partial charge is 0.273 e. The molecule has 1 aromatic heterocycles. The van der Waals surface area contributed by atoms with Gasteiger partial charge in [-0.15, -0.1) is 0 Å². The van der Waals surface area contributed by atoms with Crippen molar-refractivity contribution in [1.82, 2.24) is 20.2 Å². The average Bonchev–Trinajstić information content (AvgIpc) is 3.36. The summed E-state index contributed by atoms with van der Waals surface area (Å²) in [4.78, 5) is 24.1. The van der Waals surface area contributed by atoms with E-state index in [0.717, 1.165) is 31.4 Å². The molecule has 0 radical (unpaired) electrons. The largest absolute Gasteiger partial charge is 0.490 e. The number of nitriles is 1. The number of nitrogens with zero attached hydrogens (tertiary/aromatic N) is 4. The van der Waals surface area contributed by atoms with E-state index in [1.54, 1.807) is 31.5 Å². The third-order valence-electron chi connectivity index (χ3n) is 5.84. The summed E-state index contributed by atoms with van der Waals surface area (Å²) in [6, 6.07) is 7.77. The molecule has 1 aromatic carbocycles. The Kier molecular flexibility index (Phi) is 4.85. The zero-order valence-electron chi connectivity index (χ0n) is 16.8. The molecule has 2 aliphatic heterocycles. The van der Waals surface area contributed by atoms with Crippen LogP contribution in [0, 0.1) is 11.3 Å². The van der Waals surface area contributed by atoms with E-state index in [-0.39, 0.29) is 24.1 Å². The Balaban J connectivity index is 1.42. The fraction of sp³-hybridized carbons (Fsp3) is 0.455. The minimum absolute atomic E-state index is 0.0698. The van der Waals surface area contributed by atoms with Gasteiger partial charge in [0.25, 0.3) is 5.91 Å². The van der Waals surface area contributed by atoms with Crippen LogP contribution in [0.1, 0.15) is 40.9 Å². The van der Waals surface area contributed by atoms with Crippen LogP contribution in [0.25, 0.3) is 11.4 Å². The lowest BCUT2D eigenvalue weighted by molar-refractivity contribution is 0.0707. The van der Waals surface area contributed by atoms with Gasteiger partial charge in [0.2, 0.25) is 0 Å². The van der Waals surface area contributed by atoms with Crippen molar-refractivity contribution in [2.24, 2.45) is 0 Å². The topological polar surface area (TPSA) is 100 Å². The first-order valence-corrected chi connectivity index (χ1v) is 10.3. The van der Waals surface area contributed by atoms with Gasteiger partial charge in [-0.1, -0.05) is 0 Å². The summed E-state index contributed by atoms with van der Waals surface area (Å²) in [6.45, 7) is 1.90. The van der Waals surface area contributed by atoms with Gasteiger partial charge in [-0.2, -0.15) is 5.26 Å². The molecule has 5 rings (SSSR count). The van der Waals surface area contributed by atoms with E-state index in [1.807, 2.05) is 4.90 Å². The van der Waals surface area contributed by atoms with Crippen LogP contribution in [0.4, 0.5) is 0 Å². The number of methoxy groups -OCH3 is 1. The molecular formula is C22H23N5O3. The third kappa shape index (κ3) is 3.51. The molecule has 1 N–H and O–H groups in total. The van der Waals surface area contributed by atoms with Crippen LogP contribution >= 0.6 is 0 Å². The van der Waals surface area contributed by atoms with Gasteiger partial charge in [-0.25, -0.2) is 9.97 Å². The molecule has 0 unspecified atom stereocenters. The molecule has 0 spiro atoms. The highest BCUT2D eigenvalue weighted by atomic mass is 16.5. The maximum atomic E-state index is 13.1. The Labute approximate surface area is 174 Å². The average molecular weight is 405 g/mol. The normalized spacial score (nSPS) is 22.8. The summed E-state index contributed by atoms with van der Waals surface area (Å²) in [5.74, 6) is 0.999. The summed E-state index contributed by atoms with van der Waals surface area (Å²) in [7, 11) is 1.69. The molecule has 154 valence electrons. The summed E-state index contributed by atoms with van der Waals surface area (Å²) in [5.41, 5.74) is 2.43. The molecule has 8 nitrogen and oxygen atoms in total. The number of benzene rings is 1. The lowest BCUT2D eigenvalue weighted by Gasteiger charge is -2.22. The number of amides is 1. The molecule has 3 heterocycles. The van der Waals surface area contributed by atoms with Crippen molar-refractivity contribution in [2.45, 2.75) is 44.0 Å². The molecule has 1 saturated heterocycles. The molecule has 1 amide bonds. The standard InChI is InChI=1S/C22H23N5O3/c1-29-12-15-7-16(10-24-15)27-11-14-9-25-21(26-20(14)22(27)28)18-6-13(8-23)2-5-19(18)30-17-3-4-17/h2,5-6,9,15-17,24H,3-4,7,10-12H2,1H3/t15-,16+/m0/s1. The van der Waals surface area contributed by atoms with Crippen molar-refractivity contribution in [3.63, 3.8) is 0 Å². The number of hydrogen-bond acceptors (Lipinski definition) is 7. The highest BCUT2D eigenvalue weighted by molar-refractivity contribution is 5.97. The van der Waals surface area contributed by atoms with Crippen LogP contribution in [-0.2, 0) is 11.3 Å². The van der Waals surface area contributed by atoms with Crippen molar-refractivity contribution in [2.75, 3.05) is 20.3 Å². The summed E-state index contributed by atoms with van der Waals surface area (Å²) in [5, 5.41) is 12.7. The fourth-order valence-electron chi connectivity index (χ4n) is 4.13. The number of hydrogen-bond donors (Lipinski definition) is 1. The predicted octanol–water partition coefficient (Wildman–Crippen LogP) is 1.89. The fourth-order valence-corrected chi connectivity index (χ4v) is 4.13. The van der Waals surface area contributed by atoms with E-state index in [1.165, 1.54) is 0 Å². The van der Waals surface area contributed by atoms with Gasteiger partial charge in [-0.05, 0) is 37.5 Å². The second kappa shape index (κ2) is 7.67. The van der Waals surface area contributed by atoms with Gasteiger partial charge >= 0.3 is 0 Å². The molecule has 2 atom stereocenters. The van der Waals surface area contributed by atoms with Crippen LogP contribution in [0.3, 0.4) is 0 Å². The van der Waals surface area contributed by atoms with Gasteiger partial charge < -0.3 is 19.7 Å². The minimum Gasteiger partial charge on any atom is -0.490 e. The van der Waals surface area contributed by atoms with Crippen molar-refractivity contribution in [1.29, 1.82) is 5.26 Å². The Morgan fingerprint density at radius 2 is 2.23 bits per heavy atom. The number of carbonyl (C=O) groups is 1. The Morgan fingerprint density at radius 1 is 1.37 bits per heavy atom. The van der Waals surface area contributed by atoms with Crippen molar-refractivity contribution in [3.8, 4) is 23.2 Å². The van der Waals surface area contributed by atoms with E-state index in [9.17, 15) is 10.1 Å². The van der Waals surface area contributed by atoms with E-state index in [4.69, 9.17) is 9.47 Å². The third-order valence-corrected chi connectivity index (χ3v) is 5.84. The maximum absolute atomic E-state index is 13.1. The SMILES string of the molecule is COC[C@@H]1C[C@@H](N2Cc3cnc(-c4cc(C#N)ccc4OC4CC4)nc3C2=O)CN1. The molecular weight excluding hydrogens is 382 g/mol. The molecule has 2 aromatic rings. The van der Waals surface area contributed by atoms with E-state index < -0.39 is 0 Å². The van der Waals surface area contributed by atoms with Crippen LogP contribution in [-0.4, -0.2) is 59.2 Å². The molecule has 1 aliphatic carbocycles. The van der Waals surface area contributed by atoms with Gasteiger partial charge in [0.1, 0.15) is 11.4 Å². The van der Waals surface area contributed by atoms with E-state index in [2.05, 4.69) is 21.4 Å². The first-order chi connectivity index (χ1) is 14.7. The number of aromatic nitrogens is 2. The van der Waals surface area contributed by atoms with Crippen molar-refractivity contribution in [3.05, 3.63) is 41.2 Å². The highest BCUT2D eigenvalue weighted by Gasteiger charge is 2.38. The molecule has 1 saturated carbocycles. The zero-order chi connectivity index (χ0) is 20.7. The summed E-state index contributed by atoms with van der Waals surface area (Å²) < 4.78 is 11.2. The van der Waals surface area contributed by atoms with Crippen molar-refractivity contribution < 1.29 is 14.3 Å². The second-order valence-electron chi connectivity index (χ2n) is 8.09. The van der Waals surface area contributed by atoms with E-state index in [0.29, 0.717) is 41.5 Å². The zero-order valence-corrected chi connectivity index (χ0v) is 16.8. The number of ether oxygens (including phenoxy) is 2. The number of rotatable bonds is 6. The number of fused-ring (bicyclic) bond motifs is 1. The Hall–Kier alpha value is -3.02. The Bertz CT molecular complexity index is 1030. The van der Waals surface area contributed by atoms with Crippen LogP contribution in [0.15, 0.2) is 24.4 Å². The predicted molar refractivity (Wildman–Crippen MR) is 108 cm³/mol. The number of nitrogens with one attached hydrogen (secondary N) is 1. The summed E-state index contributed by atoms with van der Waals surface area (Å²) >= 11 is 0. The quantitative estimate of drug-likeness (QED) is 0.783. The molecule has 8 heteroatoms. The van der Waals surface area contributed by atoms with Gasteiger partial charge in [0.05, 0.1) is 36.5 Å².